The summed E-state index contributed by atoms with van der Waals surface area (Å²) in [4.78, 5) is 7.45. The number of nitrogens with zero attached hydrogens (tertiary/aromatic N) is 1. The highest BCUT2D eigenvalue weighted by atomic mass is 35.5. The normalized spacial score (nSPS) is 18.8. The van der Waals surface area contributed by atoms with E-state index in [1.165, 1.54) is 31.4 Å². The summed E-state index contributed by atoms with van der Waals surface area (Å²) < 4.78 is 0. The van der Waals surface area contributed by atoms with Crippen molar-refractivity contribution in [3.05, 3.63) is 17.7 Å². The maximum absolute atomic E-state index is 5.65. The Morgan fingerprint density at radius 3 is 2.83 bits per heavy atom. The summed E-state index contributed by atoms with van der Waals surface area (Å²) in [6.45, 7) is 0. The van der Waals surface area contributed by atoms with Crippen LogP contribution in [0.5, 0.6) is 0 Å². The van der Waals surface area contributed by atoms with Gasteiger partial charge in [-0.1, -0.05) is 12.8 Å². The molecule has 0 amide bonds. The van der Waals surface area contributed by atoms with E-state index in [1.807, 2.05) is 6.20 Å². The van der Waals surface area contributed by atoms with Crippen LogP contribution in [0.3, 0.4) is 0 Å². The van der Waals surface area contributed by atoms with Crippen molar-refractivity contribution in [1.82, 2.24) is 9.97 Å². The van der Waals surface area contributed by atoms with Crippen LogP contribution in [0.15, 0.2) is 6.20 Å². The van der Waals surface area contributed by atoms with Crippen molar-refractivity contribution >= 4 is 11.6 Å². The SMILES string of the molecule is ClCc1ncc(C2CCCC2)[nH]1. The first-order valence-electron chi connectivity index (χ1n) is 4.50. The first-order valence-corrected chi connectivity index (χ1v) is 5.03. The van der Waals surface area contributed by atoms with Crippen LogP contribution in [0.4, 0.5) is 0 Å². The van der Waals surface area contributed by atoms with Crippen molar-refractivity contribution in [3.8, 4) is 0 Å². The van der Waals surface area contributed by atoms with Crippen molar-refractivity contribution < 1.29 is 0 Å². The second-order valence-electron chi connectivity index (χ2n) is 3.40. The molecule has 1 N–H and O–H groups in total. The van der Waals surface area contributed by atoms with Crippen molar-refractivity contribution in [3.63, 3.8) is 0 Å². The zero-order valence-corrected chi connectivity index (χ0v) is 7.77. The molecular formula is C9H13ClN2. The standard InChI is InChI=1S/C9H13ClN2/c10-5-9-11-6-8(12-9)7-3-1-2-4-7/h6-7H,1-5H2,(H,11,12). The van der Waals surface area contributed by atoms with Crippen LogP contribution in [0.2, 0.25) is 0 Å². The topological polar surface area (TPSA) is 28.7 Å². The van der Waals surface area contributed by atoms with Gasteiger partial charge in [0.15, 0.2) is 0 Å². The van der Waals surface area contributed by atoms with Gasteiger partial charge in [0.25, 0.3) is 0 Å². The number of hydrogen-bond donors (Lipinski definition) is 1. The lowest BCUT2D eigenvalue weighted by molar-refractivity contribution is 0.700. The van der Waals surface area contributed by atoms with E-state index in [2.05, 4.69) is 9.97 Å². The zero-order valence-electron chi connectivity index (χ0n) is 7.02. The lowest BCUT2D eigenvalue weighted by atomic mass is 10.1. The average molecular weight is 185 g/mol. The predicted octanol–water partition coefficient (Wildman–Crippen LogP) is 2.81. The number of hydrogen-bond acceptors (Lipinski definition) is 1. The Hall–Kier alpha value is -0.500. The lowest BCUT2D eigenvalue weighted by Gasteiger charge is -2.03. The first-order chi connectivity index (χ1) is 5.90. The van der Waals surface area contributed by atoms with Gasteiger partial charge in [-0.3, -0.25) is 0 Å². The number of aromatic nitrogens is 2. The largest absolute Gasteiger partial charge is 0.345 e. The number of aromatic amines is 1. The van der Waals surface area contributed by atoms with Crippen molar-refractivity contribution in [2.24, 2.45) is 0 Å². The molecule has 0 bridgehead atoms. The van der Waals surface area contributed by atoms with Crippen LogP contribution in [0.25, 0.3) is 0 Å². The van der Waals surface area contributed by atoms with Crippen LogP contribution in [0, 0.1) is 0 Å². The smallest absolute Gasteiger partial charge is 0.121 e. The Morgan fingerprint density at radius 2 is 2.25 bits per heavy atom. The molecule has 1 fully saturated rings. The van der Waals surface area contributed by atoms with Gasteiger partial charge in [-0.05, 0) is 12.8 Å². The maximum Gasteiger partial charge on any atom is 0.121 e. The van der Waals surface area contributed by atoms with E-state index in [9.17, 15) is 0 Å². The molecule has 2 nitrogen and oxygen atoms in total. The number of nitrogens with one attached hydrogen (secondary N) is 1. The Bertz CT molecular complexity index is 251. The third kappa shape index (κ3) is 1.48. The van der Waals surface area contributed by atoms with Crippen molar-refractivity contribution in [2.45, 2.75) is 37.5 Å². The first kappa shape index (κ1) is 8.11. The molecule has 0 spiro atoms. The molecule has 0 unspecified atom stereocenters. The molecule has 0 saturated heterocycles. The Labute approximate surface area is 77.3 Å². The van der Waals surface area contributed by atoms with Gasteiger partial charge in [-0.15, -0.1) is 11.6 Å². The molecule has 3 heteroatoms. The van der Waals surface area contributed by atoms with E-state index >= 15 is 0 Å². The fraction of sp³-hybridized carbons (Fsp3) is 0.667. The van der Waals surface area contributed by atoms with Gasteiger partial charge < -0.3 is 4.98 Å². The second-order valence-corrected chi connectivity index (χ2v) is 3.67. The van der Waals surface area contributed by atoms with E-state index in [0.29, 0.717) is 5.88 Å². The van der Waals surface area contributed by atoms with Crippen LogP contribution >= 0.6 is 11.6 Å². The third-order valence-corrected chi connectivity index (χ3v) is 2.82. The molecule has 0 atom stereocenters. The van der Waals surface area contributed by atoms with Crippen molar-refractivity contribution in [1.29, 1.82) is 0 Å². The highest BCUT2D eigenvalue weighted by Gasteiger charge is 2.18. The van der Waals surface area contributed by atoms with Crippen LogP contribution in [0.1, 0.15) is 43.1 Å². The lowest BCUT2D eigenvalue weighted by Crippen LogP contribution is -1.92. The molecule has 1 saturated carbocycles. The molecule has 12 heavy (non-hydrogen) atoms. The van der Waals surface area contributed by atoms with Gasteiger partial charge in [0.2, 0.25) is 0 Å². The number of imidazole rings is 1. The Balaban J connectivity index is 2.11. The molecule has 0 aromatic carbocycles. The number of halogens is 1. The number of rotatable bonds is 2. The molecule has 1 aliphatic carbocycles. The van der Waals surface area contributed by atoms with E-state index in [1.54, 1.807) is 0 Å². The molecule has 0 aliphatic heterocycles. The summed E-state index contributed by atoms with van der Waals surface area (Å²) in [6.07, 6.45) is 7.28. The molecule has 1 aliphatic rings. The summed E-state index contributed by atoms with van der Waals surface area (Å²) in [6, 6.07) is 0. The summed E-state index contributed by atoms with van der Waals surface area (Å²) in [5, 5.41) is 0. The van der Waals surface area contributed by atoms with Gasteiger partial charge in [0.1, 0.15) is 5.82 Å². The molecule has 1 aromatic heterocycles. The van der Waals surface area contributed by atoms with Crippen LogP contribution < -0.4 is 0 Å². The van der Waals surface area contributed by atoms with E-state index in [-0.39, 0.29) is 0 Å². The summed E-state index contributed by atoms with van der Waals surface area (Å²) in [7, 11) is 0. The van der Waals surface area contributed by atoms with E-state index in [4.69, 9.17) is 11.6 Å². The highest BCUT2D eigenvalue weighted by molar-refractivity contribution is 6.16. The number of H-pyrrole nitrogens is 1. The summed E-state index contributed by atoms with van der Waals surface area (Å²) in [5.74, 6) is 2.11. The Morgan fingerprint density at radius 1 is 1.50 bits per heavy atom. The molecule has 1 heterocycles. The summed E-state index contributed by atoms with van der Waals surface area (Å²) in [5.41, 5.74) is 1.28. The van der Waals surface area contributed by atoms with E-state index < -0.39 is 0 Å². The van der Waals surface area contributed by atoms with Crippen LogP contribution in [-0.4, -0.2) is 9.97 Å². The molecule has 66 valence electrons. The minimum atomic E-state index is 0.493. The highest BCUT2D eigenvalue weighted by Crippen LogP contribution is 2.32. The molecular weight excluding hydrogens is 172 g/mol. The van der Waals surface area contributed by atoms with Gasteiger partial charge >= 0.3 is 0 Å². The zero-order chi connectivity index (χ0) is 8.39. The average Bonchev–Trinajstić information content (AvgIpc) is 2.75. The van der Waals surface area contributed by atoms with Gasteiger partial charge in [-0.2, -0.15) is 0 Å². The molecule has 1 aromatic rings. The third-order valence-electron chi connectivity index (χ3n) is 2.57. The minimum Gasteiger partial charge on any atom is -0.345 e. The monoisotopic (exact) mass is 184 g/mol. The number of alkyl halides is 1. The predicted molar refractivity (Wildman–Crippen MR) is 49.4 cm³/mol. The van der Waals surface area contributed by atoms with Gasteiger partial charge in [-0.25, -0.2) is 4.98 Å². The summed E-state index contributed by atoms with van der Waals surface area (Å²) >= 11 is 5.65. The van der Waals surface area contributed by atoms with Gasteiger partial charge in [0, 0.05) is 17.8 Å². The maximum atomic E-state index is 5.65. The minimum absolute atomic E-state index is 0.493. The molecule has 2 rings (SSSR count). The van der Waals surface area contributed by atoms with Gasteiger partial charge in [0.05, 0.1) is 5.88 Å². The molecule has 0 radical (unpaired) electrons. The Kier molecular flexibility index (Phi) is 2.35. The fourth-order valence-corrected chi connectivity index (χ4v) is 2.03. The van der Waals surface area contributed by atoms with Crippen molar-refractivity contribution in [2.75, 3.05) is 0 Å². The van der Waals surface area contributed by atoms with E-state index in [0.717, 1.165) is 11.7 Å². The second kappa shape index (κ2) is 3.48. The quantitative estimate of drug-likeness (QED) is 0.704. The van der Waals surface area contributed by atoms with Crippen LogP contribution in [-0.2, 0) is 5.88 Å². The fourth-order valence-electron chi connectivity index (χ4n) is 1.89.